The molecule has 1 amide bonds. The summed E-state index contributed by atoms with van der Waals surface area (Å²) in [5.41, 5.74) is 4.73. The highest BCUT2D eigenvalue weighted by molar-refractivity contribution is 7.99. The van der Waals surface area contributed by atoms with Crippen LogP contribution in [0.25, 0.3) is 5.78 Å². The number of hydrogen-bond acceptors (Lipinski definition) is 5. The van der Waals surface area contributed by atoms with E-state index in [1.807, 2.05) is 30.4 Å². The third kappa shape index (κ3) is 3.62. The summed E-state index contributed by atoms with van der Waals surface area (Å²) in [7, 11) is 0. The van der Waals surface area contributed by atoms with Crippen molar-refractivity contribution in [3.05, 3.63) is 50.9 Å². The molecule has 0 bridgehead atoms. The highest BCUT2D eigenvalue weighted by Gasteiger charge is 2.20. The fourth-order valence-electron chi connectivity index (χ4n) is 3.62. The van der Waals surface area contributed by atoms with Gasteiger partial charge in [-0.2, -0.15) is 0 Å². The first kappa shape index (κ1) is 17.8. The first-order valence-electron chi connectivity index (χ1n) is 9.01. The molecule has 7 nitrogen and oxygen atoms in total. The molecule has 1 aliphatic rings. The van der Waals surface area contributed by atoms with Crippen molar-refractivity contribution in [1.82, 2.24) is 19.6 Å². The van der Waals surface area contributed by atoms with Gasteiger partial charge >= 0.3 is 0 Å². The molecule has 140 valence electrons. The van der Waals surface area contributed by atoms with E-state index in [1.54, 1.807) is 0 Å². The Morgan fingerprint density at radius 3 is 2.70 bits per heavy atom. The van der Waals surface area contributed by atoms with Gasteiger partial charge in [0, 0.05) is 16.9 Å². The van der Waals surface area contributed by atoms with Crippen LogP contribution in [0.1, 0.15) is 35.2 Å². The Bertz CT molecular complexity index is 1070. The smallest absolute Gasteiger partial charge is 0.255 e. The van der Waals surface area contributed by atoms with Crippen molar-refractivity contribution in [2.75, 3.05) is 11.1 Å². The molecule has 8 heteroatoms. The summed E-state index contributed by atoms with van der Waals surface area (Å²) in [6.45, 7) is 4.01. The topological polar surface area (TPSA) is 92.2 Å². The Hall–Kier alpha value is -2.61. The first-order chi connectivity index (χ1) is 13.0. The molecule has 1 aromatic carbocycles. The number of aromatic nitrogens is 4. The molecule has 2 N–H and O–H groups in total. The number of benzene rings is 1. The second kappa shape index (κ2) is 7.19. The molecule has 2 aromatic heterocycles. The Morgan fingerprint density at radius 1 is 1.19 bits per heavy atom. The second-order valence-corrected chi connectivity index (χ2v) is 7.88. The number of fused-ring (bicyclic) bond motifs is 3. The highest BCUT2D eigenvalue weighted by atomic mass is 32.2. The van der Waals surface area contributed by atoms with Gasteiger partial charge in [0.2, 0.25) is 11.7 Å². The molecule has 1 aliphatic carbocycles. The Labute approximate surface area is 160 Å². The van der Waals surface area contributed by atoms with E-state index in [2.05, 4.69) is 26.6 Å². The van der Waals surface area contributed by atoms with E-state index in [9.17, 15) is 9.59 Å². The molecule has 0 saturated heterocycles. The van der Waals surface area contributed by atoms with Crippen LogP contribution in [0.5, 0.6) is 0 Å². The summed E-state index contributed by atoms with van der Waals surface area (Å²) in [6.07, 6.45) is 3.66. The predicted molar refractivity (Wildman–Crippen MR) is 106 cm³/mol. The minimum atomic E-state index is -0.0972. The van der Waals surface area contributed by atoms with E-state index in [0.29, 0.717) is 10.9 Å². The predicted octanol–water partition coefficient (Wildman–Crippen LogP) is 2.64. The number of anilines is 1. The van der Waals surface area contributed by atoms with Gasteiger partial charge in [0.15, 0.2) is 5.16 Å². The van der Waals surface area contributed by atoms with Crippen LogP contribution in [-0.4, -0.2) is 31.2 Å². The highest BCUT2D eigenvalue weighted by Crippen LogP contribution is 2.24. The van der Waals surface area contributed by atoms with Crippen LogP contribution in [0.2, 0.25) is 0 Å². The number of amides is 1. The van der Waals surface area contributed by atoms with Crippen LogP contribution >= 0.6 is 11.8 Å². The van der Waals surface area contributed by atoms with Crippen LogP contribution in [-0.2, 0) is 17.6 Å². The van der Waals surface area contributed by atoms with Gasteiger partial charge in [0.05, 0.1) is 5.75 Å². The largest absolute Gasteiger partial charge is 0.325 e. The van der Waals surface area contributed by atoms with Crippen molar-refractivity contribution >= 4 is 29.1 Å². The average Bonchev–Trinajstić information content (AvgIpc) is 3.02. The summed E-state index contributed by atoms with van der Waals surface area (Å²) in [6, 6.07) is 5.96. The van der Waals surface area contributed by atoms with Crippen LogP contribution < -0.4 is 10.9 Å². The van der Waals surface area contributed by atoms with E-state index < -0.39 is 0 Å². The maximum Gasteiger partial charge on any atom is 0.255 e. The van der Waals surface area contributed by atoms with Gasteiger partial charge in [-0.3, -0.25) is 19.0 Å². The average molecular weight is 383 g/mol. The zero-order chi connectivity index (χ0) is 19.0. The Balaban J connectivity index is 1.54. The van der Waals surface area contributed by atoms with Crippen LogP contribution in [0.15, 0.2) is 28.2 Å². The van der Waals surface area contributed by atoms with E-state index in [1.165, 1.54) is 11.8 Å². The zero-order valence-electron chi connectivity index (χ0n) is 15.3. The minimum absolute atomic E-state index is 0.0753. The molecule has 27 heavy (non-hydrogen) atoms. The minimum Gasteiger partial charge on any atom is -0.325 e. The number of carbonyl (C=O) groups is 1. The fourth-order valence-corrected chi connectivity index (χ4v) is 4.38. The van der Waals surface area contributed by atoms with Crippen molar-refractivity contribution in [2.24, 2.45) is 0 Å². The van der Waals surface area contributed by atoms with Gasteiger partial charge in [-0.15, -0.1) is 10.2 Å². The number of carbonyl (C=O) groups excluding carboxylic acids is 1. The normalized spacial score (nSPS) is 13.6. The van der Waals surface area contributed by atoms with Gasteiger partial charge in [-0.1, -0.05) is 17.8 Å². The van der Waals surface area contributed by atoms with Crippen molar-refractivity contribution in [1.29, 1.82) is 0 Å². The van der Waals surface area contributed by atoms with Gasteiger partial charge < -0.3 is 5.32 Å². The molecule has 0 radical (unpaired) electrons. The molecular weight excluding hydrogens is 362 g/mol. The maximum absolute atomic E-state index is 12.4. The van der Waals surface area contributed by atoms with Crippen molar-refractivity contribution in [3.8, 4) is 0 Å². The van der Waals surface area contributed by atoms with E-state index >= 15 is 0 Å². The lowest BCUT2D eigenvalue weighted by atomic mass is 9.97. The SMILES string of the molecule is Cc1cc(C)cc(NC(=O)CSc2nnc3[nH]c(=O)c4c(n23)CCCC4)c1. The zero-order valence-corrected chi connectivity index (χ0v) is 16.2. The Kier molecular flexibility index (Phi) is 4.73. The maximum atomic E-state index is 12.4. The number of nitrogens with one attached hydrogen (secondary N) is 2. The quantitative estimate of drug-likeness (QED) is 0.676. The monoisotopic (exact) mass is 383 g/mol. The lowest BCUT2D eigenvalue weighted by molar-refractivity contribution is -0.113. The third-order valence-corrected chi connectivity index (χ3v) is 5.61. The van der Waals surface area contributed by atoms with Gasteiger partial charge in [0.25, 0.3) is 5.56 Å². The van der Waals surface area contributed by atoms with E-state index in [4.69, 9.17) is 0 Å². The lowest BCUT2D eigenvalue weighted by Gasteiger charge is -2.16. The number of H-pyrrole nitrogens is 1. The third-order valence-electron chi connectivity index (χ3n) is 4.68. The molecule has 0 aliphatic heterocycles. The second-order valence-electron chi connectivity index (χ2n) is 6.94. The van der Waals surface area contributed by atoms with Gasteiger partial charge in [-0.05, 0) is 62.8 Å². The number of aromatic amines is 1. The summed E-state index contributed by atoms with van der Waals surface area (Å²) in [4.78, 5) is 27.4. The summed E-state index contributed by atoms with van der Waals surface area (Å²) < 4.78 is 1.89. The number of nitrogens with zero attached hydrogens (tertiary/aromatic N) is 3. The number of hydrogen-bond donors (Lipinski definition) is 2. The first-order valence-corrected chi connectivity index (χ1v) is 10.00. The van der Waals surface area contributed by atoms with E-state index in [0.717, 1.165) is 53.8 Å². The van der Waals surface area contributed by atoms with E-state index in [-0.39, 0.29) is 17.2 Å². The van der Waals surface area contributed by atoms with Gasteiger partial charge in [-0.25, -0.2) is 0 Å². The van der Waals surface area contributed by atoms with Gasteiger partial charge in [0.1, 0.15) is 0 Å². The molecule has 0 atom stereocenters. The molecule has 0 unspecified atom stereocenters. The van der Waals surface area contributed by atoms with Crippen molar-refractivity contribution in [3.63, 3.8) is 0 Å². The molecule has 4 rings (SSSR count). The van der Waals surface area contributed by atoms with Crippen molar-refractivity contribution < 1.29 is 4.79 Å². The lowest BCUT2D eigenvalue weighted by Crippen LogP contribution is -2.23. The number of aryl methyl sites for hydroxylation is 3. The molecule has 0 spiro atoms. The summed E-state index contributed by atoms with van der Waals surface area (Å²) >= 11 is 1.33. The van der Waals surface area contributed by atoms with Crippen LogP contribution in [0.3, 0.4) is 0 Å². The summed E-state index contributed by atoms with van der Waals surface area (Å²) in [5, 5.41) is 11.8. The van der Waals surface area contributed by atoms with Crippen molar-refractivity contribution in [2.45, 2.75) is 44.7 Å². The molecular formula is C19H21N5O2S. The standard InChI is InChI=1S/C19H21N5O2S/c1-11-7-12(2)9-13(8-11)20-16(25)10-27-19-23-22-18-21-17(26)14-5-3-4-6-15(14)24(18)19/h7-9H,3-6,10H2,1-2H3,(H,20,25)(H,21,22,26). The Morgan fingerprint density at radius 2 is 1.93 bits per heavy atom. The molecule has 0 saturated carbocycles. The number of thioether (sulfide) groups is 1. The molecule has 2 heterocycles. The van der Waals surface area contributed by atoms with Crippen LogP contribution in [0.4, 0.5) is 5.69 Å². The van der Waals surface area contributed by atoms with Crippen LogP contribution in [0, 0.1) is 13.8 Å². The molecule has 0 fully saturated rings. The summed E-state index contributed by atoms with van der Waals surface area (Å²) in [5.74, 6) is 0.569. The molecule has 3 aromatic rings. The fraction of sp³-hybridized carbons (Fsp3) is 0.368. The number of rotatable bonds is 4.